The fraction of sp³-hybridized carbons (Fsp3) is 0.714. The Morgan fingerprint density at radius 3 is 1.96 bits per heavy atom. The van der Waals surface area contributed by atoms with Crippen molar-refractivity contribution in [1.82, 2.24) is 0 Å². The SMILES string of the molecule is COC(=O)[C@H]1O[C@H](C)[C@@H](OC(C)=O)[C@H](OC(C)=O)[C@@]1(I)OC(C)=O. The second-order valence-corrected chi connectivity index (χ2v) is 6.83. The molecule has 1 aliphatic rings. The molecule has 0 aromatic rings. The van der Waals surface area contributed by atoms with Crippen molar-refractivity contribution < 1.29 is 42.9 Å². The topological polar surface area (TPSA) is 114 Å². The van der Waals surface area contributed by atoms with E-state index in [2.05, 4.69) is 4.74 Å². The van der Waals surface area contributed by atoms with Gasteiger partial charge in [0.25, 0.3) is 0 Å². The molecule has 0 spiro atoms. The van der Waals surface area contributed by atoms with Gasteiger partial charge in [0.2, 0.25) is 9.71 Å². The van der Waals surface area contributed by atoms with Crippen LogP contribution in [0.25, 0.3) is 0 Å². The van der Waals surface area contributed by atoms with Gasteiger partial charge in [-0.25, -0.2) is 4.79 Å². The summed E-state index contributed by atoms with van der Waals surface area (Å²) in [6.07, 6.45) is -4.54. The lowest BCUT2D eigenvalue weighted by molar-refractivity contribution is -0.250. The van der Waals surface area contributed by atoms with Crippen LogP contribution in [0.5, 0.6) is 0 Å². The molecule has 0 saturated carbocycles. The molecule has 0 aromatic heterocycles. The predicted octanol–water partition coefficient (Wildman–Crippen LogP) is 0.504. The molecule has 1 heterocycles. The first kappa shape index (κ1) is 20.6. The Hall–Kier alpha value is -1.43. The largest absolute Gasteiger partial charge is 0.467 e. The zero-order valence-electron chi connectivity index (χ0n) is 13.9. The Labute approximate surface area is 152 Å². The molecule has 0 unspecified atom stereocenters. The molecule has 1 saturated heterocycles. The molecular formula is C14H19IO9. The van der Waals surface area contributed by atoms with Crippen LogP contribution in [0.2, 0.25) is 0 Å². The Kier molecular flexibility index (Phi) is 6.96. The van der Waals surface area contributed by atoms with Crippen molar-refractivity contribution in [3.05, 3.63) is 0 Å². The average Bonchev–Trinajstić information content (AvgIpc) is 2.44. The summed E-state index contributed by atoms with van der Waals surface area (Å²) in [4.78, 5) is 46.5. The fourth-order valence-electron chi connectivity index (χ4n) is 2.33. The van der Waals surface area contributed by atoms with E-state index in [-0.39, 0.29) is 0 Å². The van der Waals surface area contributed by atoms with E-state index in [4.69, 9.17) is 18.9 Å². The van der Waals surface area contributed by atoms with Crippen molar-refractivity contribution in [3.8, 4) is 0 Å². The van der Waals surface area contributed by atoms with Crippen molar-refractivity contribution in [2.45, 2.75) is 55.7 Å². The number of alkyl halides is 1. The molecule has 5 atom stereocenters. The van der Waals surface area contributed by atoms with Crippen molar-refractivity contribution in [2.24, 2.45) is 0 Å². The van der Waals surface area contributed by atoms with Gasteiger partial charge in [0.15, 0.2) is 12.2 Å². The smallest absolute Gasteiger partial charge is 0.340 e. The monoisotopic (exact) mass is 458 g/mol. The van der Waals surface area contributed by atoms with Gasteiger partial charge in [-0.1, -0.05) is 0 Å². The second kappa shape index (κ2) is 8.10. The summed E-state index contributed by atoms with van der Waals surface area (Å²) >= 11 is 1.64. The minimum Gasteiger partial charge on any atom is -0.467 e. The summed E-state index contributed by atoms with van der Waals surface area (Å²) < 4.78 is 24.1. The quantitative estimate of drug-likeness (QED) is 0.257. The number of ether oxygens (including phenoxy) is 5. The van der Waals surface area contributed by atoms with Crippen LogP contribution in [0.4, 0.5) is 0 Å². The van der Waals surface area contributed by atoms with E-state index < -0.39 is 51.9 Å². The van der Waals surface area contributed by atoms with E-state index >= 15 is 0 Å². The maximum absolute atomic E-state index is 12.1. The van der Waals surface area contributed by atoms with E-state index in [0.29, 0.717) is 0 Å². The van der Waals surface area contributed by atoms with Crippen LogP contribution in [0.1, 0.15) is 27.7 Å². The summed E-state index contributed by atoms with van der Waals surface area (Å²) in [7, 11) is 1.14. The van der Waals surface area contributed by atoms with Crippen LogP contribution in [-0.4, -0.2) is 59.0 Å². The minimum atomic E-state index is -1.77. The standard InChI is InChI=1S/C14H19IO9/c1-6-10(22-7(2)16)11(23-8(3)17)14(15,24-9(4)18)12(21-6)13(19)20-5/h6,10-12H,1-5H3/t6-,10-,11+,12-,14-/m1/s1. The summed E-state index contributed by atoms with van der Waals surface area (Å²) in [5.74, 6) is -2.92. The third kappa shape index (κ3) is 4.56. The van der Waals surface area contributed by atoms with Crippen molar-refractivity contribution in [3.63, 3.8) is 0 Å². The lowest BCUT2D eigenvalue weighted by Gasteiger charge is -2.47. The fourth-order valence-corrected chi connectivity index (χ4v) is 3.53. The molecule has 1 aliphatic heterocycles. The van der Waals surface area contributed by atoms with Crippen LogP contribution in [0, 0.1) is 0 Å². The number of hydrogen-bond donors (Lipinski definition) is 0. The highest BCUT2D eigenvalue weighted by molar-refractivity contribution is 14.1. The Morgan fingerprint density at radius 1 is 1.00 bits per heavy atom. The number of carbonyl (C=O) groups is 4. The molecular weight excluding hydrogens is 439 g/mol. The number of esters is 4. The summed E-state index contributed by atoms with van der Waals surface area (Å²) in [5, 5.41) is 0. The zero-order chi connectivity index (χ0) is 18.7. The van der Waals surface area contributed by atoms with Crippen LogP contribution in [0.3, 0.4) is 0 Å². The van der Waals surface area contributed by atoms with Gasteiger partial charge in [-0.2, -0.15) is 0 Å². The molecule has 0 aliphatic carbocycles. The Morgan fingerprint density at radius 2 is 1.54 bits per heavy atom. The zero-order valence-corrected chi connectivity index (χ0v) is 16.0. The number of halogens is 1. The van der Waals surface area contributed by atoms with Crippen molar-refractivity contribution in [2.75, 3.05) is 7.11 Å². The molecule has 0 radical (unpaired) electrons. The Balaban J connectivity index is 3.39. The molecule has 0 amide bonds. The van der Waals surface area contributed by atoms with E-state index in [9.17, 15) is 19.2 Å². The van der Waals surface area contributed by atoms with Gasteiger partial charge in [-0.3, -0.25) is 14.4 Å². The lowest BCUT2D eigenvalue weighted by atomic mass is 9.94. The van der Waals surface area contributed by atoms with Gasteiger partial charge in [-0.15, -0.1) is 0 Å². The highest BCUT2D eigenvalue weighted by Gasteiger charge is 2.63. The first-order valence-corrected chi connectivity index (χ1v) is 8.07. The third-order valence-electron chi connectivity index (χ3n) is 3.17. The van der Waals surface area contributed by atoms with Crippen LogP contribution >= 0.6 is 22.6 Å². The highest BCUT2D eigenvalue weighted by atomic mass is 127. The summed E-state index contributed by atoms with van der Waals surface area (Å²) in [5.41, 5.74) is 0. The molecule has 0 aromatic carbocycles. The number of methoxy groups -OCH3 is 1. The van der Waals surface area contributed by atoms with E-state index in [1.165, 1.54) is 13.8 Å². The van der Waals surface area contributed by atoms with E-state index in [1.807, 2.05) is 0 Å². The van der Waals surface area contributed by atoms with E-state index in [1.54, 1.807) is 22.6 Å². The lowest BCUT2D eigenvalue weighted by Crippen LogP contribution is -2.67. The van der Waals surface area contributed by atoms with Crippen molar-refractivity contribution >= 4 is 46.5 Å². The molecule has 1 fully saturated rings. The second-order valence-electron chi connectivity index (χ2n) is 5.14. The van der Waals surface area contributed by atoms with E-state index in [0.717, 1.165) is 21.0 Å². The highest BCUT2D eigenvalue weighted by Crippen LogP contribution is 2.42. The van der Waals surface area contributed by atoms with Crippen LogP contribution in [-0.2, 0) is 42.9 Å². The maximum atomic E-state index is 12.1. The summed E-state index contributed by atoms with van der Waals surface area (Å²) in [6, 6.07) is 0. The molecule has 136 valence electrons. The third-order valence-corrected chi connectivity index (χ3v) is 4.57. The normalized spacial score (nSPS) is 32.4. The molecule has 0 bridgehead atoms. The Bertz CT molecular complexity index is 534. The average molecular weight is 458 g/mol. The molecule has 9 nitrogen and oxygen atoms in total. The number of rotatable bonds is 4. The van der Waals surface area contributed by atoms with Crippen molar-refractivity contribution in [1.29, 1.82) is 0 Å². The molecule has 1 rings (SSSR count). The number of hydrogen-bond acceptors (Lipinski definition) is 9. The molecule has 24 heavy (non-hydrogen) atoms. The molecule has 10 heteroatoms. The van der Waals surface area contributed by atoms with Gasteiger partial charge in [-0.05, 0) is 29.5 Å². The maximum Gasteiger partial charge on any atom is 0.340 e. The van der Waals surface area contributed by atoms with Gasteiger partial charge in [0, 0.05) is 20.8 Å². The van der Waals surface area contributed by atoms with Crippen LogP contribution < -0.4 is 0 Å². The van der Waals surface area contributed by atoms with Gasteiger partial charge >= 0.3 is 23.9 Å². The number of carbonyl (C=O) groups excluding carboxylic acids is 4. The summed E-state index contributed by atoms with van der Waals surface area (Å²) in [6.45, 7) is 4.97. The van der Waals surface area contributed by atoms with Crippen LogP contribution in [0.15, 0.2) is 0 Å². The van der Waals surface area contributed by atoms with Gasteiger partial charge < -0.3 is 23.7 Å². The van der Waals surface area contributed by atoms with Gasteiger partial charge in [0.1, 0.15) is 0 Å². The first-order chi connectivity index (χ1) is 11.0. The molecule has 0 N–H and O–H groups in total. The van der Waals surface area contributed by atoms with Gasteiger partial charge in [0.05, 0.1) is 13.2 Å². The first-order valence-electron chi connectivity index (χ1n) is 6.99. The predicted molar refractivity (Wildman–Crippen MR) is 86.0 cm³/mol. The minimum absolute atomic E-state index is 0.648.